The van der Waals surface area contributed by atoms with Crippen molar-refractivity contribution in [2.24, 2.45) is 0 Å². The third-order valence-corrected chi connectivity index (χ3v) is 10.6. The largest absolute Gasteiger partial charge is 0.475 e. The Kier molecular flexibility index (Phi) is 5.81. The number of aromatic nitrogens is 3. The highest BCUT2D eigenvalue weighted by atomic mass is 35.5. The van der Waals surface area contributed by atoms with Gasteiger partial charge in [-0.15, -0.1) is 0 Å². The van der Waals surface area contributed by atoms with Crippen molar-refractivity contribution < 1.29 is 18.3 Å². The molecule has 0 unspecified atom stereocenters. The van der Waals surface area contributed by atoms with Gasteiger partial charge in [0.1, 0.15) is 41.8 Å². The van der Waals surface area contributed by atoms with Crippen LogP contribution in [0.2, 0.25) is 5.02 Å². The van der Waals surface area contributed by atoms with Gasteiger partial charge in [0.25, 0.3) is 0 Å². The molecule has 7 heterocycles. The van der Waals surface area contributed by atoms with Gasteiger partial charge >= 0.3 is 6.01 Å². The molecule has 2 bridgehead atoms. The fourth-order valence-electron chi connectivity index (χ4n) is 8.30. The van der Waals surface area contributed by atoms with Crippen molar-refractivity contribution in [3.05, 3.63) is 47.2 Å². The predicted molar refractivity (Wildman–Crippen MR) is 160 cm³/mol. The fraction of sp³-hybridized carbons (Fsp3) is 0.469. The molecule has 9 rings (SSSR count). The summed E-state index contributed by atoms with van der Waals surface area (Å²) < 4.78 is 44.0. The molecule has 0 amide bonds. The third kappa shape index (κ3) is 3.95. The second kappa shape index (κ2) is 9.58. The minimum Gasteiger partial charge on any atom is -0.475 e. The number of piperazine rings is 1. The van der Waals surface area contributed by atoms with E-state index in [4.69, 9.17) is 31.0 Å². The molecule has 0 saturated carbocycles. The van der Waals surface area contributed by atoms with E-state index in [0.717, 1.165) is 44.2 Å². The molecule has 2 aromatic carbocycles. The zero-order valence-electron chi connectivity index (χ0n) is 23.5. The molecule has 11 heteroatoms. The van der Waals surface area contributed by atoms with Crippen LogP contribution < -0.4 is 19.7 Å². The summed E-state index contributed by atoms with van der Waals surface area (Å²) in [5.74, 6) is 0.310. The zero-order valence-corrected chi connectivity index (χ0v) is 24.3. The molecule has 5 aliphatic heterocycles. The number of nitrogens with one attached hydrogen (secondary N) is 1. The van der Waals surface area contributed by atoms with Gasteiger partial charge in [-0.25, -0.2) is 13.8 Å². The summed E-state index contributed by atoms with van der Waals surface area (Å²) in [5, 5.41) is 6.27. The lowest BCUT2D eigenvalue weighted by atomic mass is 9.95. The molecule has 4 fully saturated rings. The molecule has 2 aromatic heterocycles. The van der Waals surface area contributed by atoms with Crippen LogP contribution in [0.5, 0.6) is 11.9 Å². The molecular formula is C32H31ClF2N6O2. The average Bonchev–Trinajstić information content (AvgIpc) is 3.64. The fourth-order valence-corrected chi connectivity index (χ4v) is 8.58. The van der Waals surface area contributed by atoms with E-state index in [2.05, 4.69) is 20.1 Å². The molecule has 5 atom stereocenters. The number of fused-ring (bicyclic) bond motifs is 7. The lowest BCUT2D eigenvalue weighted by molar-refractivity contribution is 0.107. The van der Waals surface area contributed by atoms with Gasteiger partial charge in [-0.1, -0.05) is 41.9 Å². The van der Waals surface area contributed by atoms with Crippen molar-refractivity contribution in [3.63, 3.8) is 0 Å². The second-order valence-corrected chi connectivity index (χ2v) is 13.1. The van der Waals surface area contributed by atoms with E-state index in [9.17, 15) is 4.39 Å². The van der Waals surface area contributed by atoms with E-state index in [1.165, 1.54) is 0 Å². The van der Waals surface area contributed by atoms with Crippen molar-refractivity contribution >= 4 is 39.1 Å². The van der Waals surface area contributed by atoms with Gasteiger partial charge in [-0.3, -0.25) is 4.90 Å². The first kappa shape index (κ1) is 26.1. The summed E-state index contributed by atoms with van der Waals surface area (Å²) >= 11 is 6.65. The van der Waals surface area contributed by atoms with Gasteiger partial charge in [0, 0.05) is 47.6 Å². The first-order chi connectivity index (χ1) is 21.0. The molecule has 0 radical (unpaired) electrons. The quantitative estimate of drug-likeness (QED) is 0.337. The second-order valence-electron chi connectivity index (χ2n) is 12.7. The molecular weight excluding hydrogens is 574 g/mol. The minimum absolute atomic E-state index is 0.00320. The number of hydrogen-bond donors (Lipinski definition) is 1. The molecule has 1 N–H and O–H groups in total. The number of halogens is 3. The van der Waals surface area contributed by atoms with Crippen LogP contribution in [0.15, 0.2) is 36.4 Å². The van der Waals surface area contributed by atoms with Crippen LogP contribution in [0.4, 0.5) is 14.6 Å². The van der Waals surface area contributed by atoms with Crippen molar-refractivity contribution in [3.8, 4) is 23.1 Å². The van der Waals surface area contributed by atoms with Gasteiger partial charge in [0.2, 0.25) is 5.88 Å². The number of hydrogen-bond acceptors (Lipinski definition) is 8. The maximum Gasteiger partial charge on any atom is 0.319 e. The lowest BCUT2D eigenvalue weighted by Crippen LogP contribution is -2.60. The number of ether oxygens (including phenoxy) is 2. The Hall–Kier alpha value is -3.34. The van der Waals surface area contributed by atoms with Gasteiger partial charge < -0.3 is 19.7 Å². The monoisotopic (exact) mass is 604 g/mol. The minimum atomic E-state index is -0.874. The SMILES string of the molecule is Fc1c(-c2cccc3cccc(Cl)c23)nc2c3c(nc(OC[C@@]45CCCN4C[C@H](F)C5)nc13)N1C[C@H]3CC[C@H](N3)[C@H]1CO2. The van der Waals surface area contributed by atoms with E-state index in [1.807, 2.05) is 30.3 Å². The standard InChI is InChI=1S/C32H31ClF2N6O2/c33-21-7-2-5-17-4-1-6-20(24(17)21)27-26(35)28-25-29(41-14-19-8-9-22(36-19)23(41)15-42-30(25)37-27)39-31(38-28)43-16-32-10-3-11-40(32)13-18(34)12-32/h1-2,4-7,18-19,22-23,36H,3,8-16H2/t18-,19-,22+,23-,32+/m1/s1. The Bertz CT molecular complexity index is 1790. The van der Waals surface area contributed by atoms with Crippen LogP contribution in [-0.2, 0) is 0 Å². The Morgan fingerprint density at radius 1 is 1.09 bits per heavy atom. The summed E-state index contributed by atoms with van der Waals surface area (Å²) in [6.07, 6.45) is 3.52. The summed E-state index contributed by atoms with van der Waals surface area (Å²) in [5.41, 5.74) is 0.408. The molecule has 222 valence electrons. The normalized spacial score (nSPS) is 29.5. The van der Waals surface area contributed by atoms with Crippen LogP contribution in [0.25, 0.3) is 32.9 Å². The van der Waals surface area contributed by atoms with Gasteiger partial charge in [0.15, 0.2) is 5.82 Å². The number of nitrogens with zero attached hydrogens (tertiary/aromatic N) is 5. The highest BCUT2D eigenvalue weighted by Gasteiger charge is 2.50. The zero-order chi connectivity index (χ0) is 28.9. The molecule has 8 nitrogen and oxygen atoms in total. The molecule has 4 aromatic rings. The summed E-state index contributed by atoms with van der Waals surface area (Å²) in [6, 6.07) is 11.9. The highest BCUT2D eigenvalue weighted by Crippen LogP contribution is 2.45. The van der Waals surface area contributed by atoms with Crippen molar-refractivity contribution in [2.45, 2.75) is 61.9 Å². The maximum absolute atomic E-state index is 16.8. The Morgan fingerprint density at radius 3 is 2.88 bits per heavy atom. The maximum atomic E-state index is 16.8. The lowest BCUT2D eigenvalue weighted by Gasteiger charge is -2.40. The van der Waals surface area contributed by atoms with Crippen molar-refractivity contribution in [1.82, 2.24) is 25.2 Å². The highest BCUT2D eigenvalue weighted by molar-refractivity contribution is 6.36. The van der Waals surface area contributed by atoms with Gasteiger partial charge in [0.05, 0.1) is 11.6 Å². The van der Waals surface area contributed by atoms with Crippen molar-refractivity contribution in [1.29, 1.82) is 0 Å². The summed E-state index contributed by atoms with van der Waals surface area (Å²) in [7, 11) is 0. The van der Waals surface area contributed by atoms with E-state index in [1.54, 1.807) is 6.07 Å². The van der Waals surface area contributed by atoms with Crippen LogP contribution in [0, 0.1) is 5.82 Å². The Morgan fingerprint density at radius 2 is 1.98 bits per heavy atom. The van der Waals surface area contributed by atoms with E-state index >= 15 is 4.39 Å². The van der Waals surface area contributed by atoms with Gasteiger partial charge in [-0.05, 0) is 43.7 Å². The van der Waals surface area contributed by atoms with E-state index < -0.39 is 12.0 Å². The van der Waals surface area contributed by atoms with Gasteiger partial charge in [-0.2, -0.15) is 9.97 Å². The molecule has 43 heavy (non-hydrogen) atoms. The molecule has 0 spiro atoms. The number of rotatable bonds is 4. The first-order valence-corrected chi connectivity index (χ1v) is 15.6. The average molecular weight is 605 g/mol. The van der Waals surface area contributed by atoms with Crippen LogP contribution >= 0.6 is 11.6 Å². The smallest absolute Gasteiger partial charge is 0.319 e. The summed E-state index contributed by atoms with van der Waals surface area (Å²) in [4.78, 5) is 18.8. The molecule has 4 saturated heterocycles. The van der Waals surface area contributed by atoms with Crippen LogP contribution in [0.3, 0.4) is 0 Å². The first-order valence-electron chi connectivity index (χ1n) is 15.2. The molecule has 5 aliphatic rings. The number of pyridine rings is 1. The van der Waals surface area contributed by atoms with E-state index in [-0.39, 0.29) is 41.5 Å². The van der Waals surface area contributed by atoms with Crippen LogP contribution in [0.1, 0.15) is 32.1 Å². The number of alkyl halides is 1. The number of anilines is 1. The number of benzene rings is 2. The van der Waals surface area contributed by atoms with Crippen LogP contribution in [-0.4, -0.2) is 82.5 Å². The summed E-state index contributed by atoms with van der Waals surface area (Å²) in [6.45, 7) is 2.65. The Balaban J connectivity index is 1.22. The topological polar surface area (TPSA) is 75.6 Å². The predicted octanol–water partition coefficient (Wildman–Crippen LogP) is 5.29. The van der Waals surface area contributed by atoms with Crippen molar-refractivity contribution in [2.75, 3.05) is 37.7 Å². The third-order valence-electron chi connectivity index (χ3n) is 10.3. The van der Waals surface area contributed by atoms with E-state index in [0.29, 0.717) is 58.7 Å². The molecule has 0 aliphatic carbocycles. The Labute approximate surface area is 252 Å².